The molecule has 0 bridgehead atoms. The number of benzene rings is 1. The Bertz CT molecular complexity index is 405. The number of methoxy groups -OCH3 is 1. The lowest BCUT2D eigenvalue weighted by atomic mass is 10.1. The van der Waals surface area contributed by atoms with Crippen molar-refractivity contribution in [3.63, 3.8) is 0 Å². The van der Waals surface area contributed by atoms with Gasteiger partial charge in [0.25, 0.3) is 0 Å². The number of hydrogen-bond donors (Lipinski definition) is 0. The molecule has 0 unspecified atom stereocenters. The first-order chi connectivity index (χ1) is 6.22. The van der Waals surface area contributed by atoms with Crippen LogP contribution in [0, 0.1) is 0 Å². The summed E-state index contributed by atoms with van der Waals surface area (Å²) >= 11 is 0. The highest BCUT2D eigenvalue weighted by Gasteiger charge is 2.15. The summed E-state index contributed by atoms with van der Waals surface area (Å²) in [4.78, 5) is 4.37. The Morgan fingerprint density at radius 2 is 2.15 bits per heavy atom. The summed E-state index contributed by atoms with van der Waals surface area (Å²) in [6.07, 6.45) is 0. The molecule has 2 heteroatoms. The van der Waals surface area contributed by atoms with Crippen molar-refractivity contribution in [2.24, 2.45) is 4.99 Å². The highest BCUT2D eigenvalue weighted by molar-refractivity contribution is 6.27. The molecule has 2 rings (SSSR count). The lowest BCUT2D eigenvalue weighted by Crippen LogP contribution is -1.88. The third kappa shape index (κ3) is 1.15. The topological polar surface area (TPSA) is 21.6 Å². The molecule has 0 saturated carbocycles. The molecular weight excluding hydrogens is 162 g/mol. The Balaban J connectivity index is 2.55. The van der Waals surface area contributed by atoms with Gasteiger partial charge in [0.05, 0.1) is 12.8 Å². The first-order valence-electron chi connectivity index (χ1n) is 4.15. The molecule has 1 heterocycles. The average molecular weight is 173 g/mol. The Kier molecular flexibility index (Phi) is 1.69. The molecule has 0 atom stereocenters. The second-order valence-corrected chi connectivity index (χ2v) is 3.06. The number of ether oxygens (including phenoxy) is 1. The minimum atomic E-state index is 0.852. The van der Waals surface area contributed by atoms with Gasteiger partial charge in [-0.1, -0.05) is 6.58 Å². The Labute approximate surface area is 77.6 Å². The van der Waals surface area contributed by atoms with Gasteiger partial charge in [-0.15, -0.1) is 0 Å². The van der Waals surface area contributed by atoms with Gasteiger partial charge in [0.2, 0.25) is 0 Å². The maximum absolute atomic E-state index is 5.13. The molecule has 13 heavy (non-hydrogen) atoms. The van der Waals surface area contributed by atoms with E-state index in [2.05, 4.69) is 11.6 Å². The third-order valence-electron chi connectivity index (χ3n) is 2.25. The number of nitrogens with zero attached hydrogens (tertiary/aromatic N) is 1. The monoisotopic (exact) mass is 173 g/mol. The second-order valence-electron chi connectivity index (χ2n) is 3.06. The van der Waals surface area contributed by atoms with Crippen LogP contribution in [0.1, 0.15) is 12.5 Å². The van der Waals surface area contributed by atoms with Crippen LogP contribution in [-0.2, 0) is 0 Å². The quantitative estimate of drug-likeness (QED) is 0.640. The van der Waals surface area contributed by atoms with Crippen LogP contribution in [0.3, 0.4) is 0 Å². The van der Waals surface area contributed by atoms with Crippen molar-refractivity contribution in [3.05, 3.63) is 30.3 Å². The van der Waals surface area contributed by atoms with Crippen molar-refractivity contribution in [2.45, 2.75) is 6.92 Å². The van der Waals surface area contributed by atoms with Crippen LogP contribution >= 0.6 is 0 Å². The number of fused-ring (bicyclic) bond motifs is 1. The van der Waals surface area contributed by atoms with E-state index in [0.717, 1.165) is 28.3 Å². The molecule has 1 aliphatic heterocycles. The normalized spacial score (nSPS) is 14.0. The van der Waals surface area contributed by atoms with E-state index in [1.807, 2.05) is 25.1 Å². The van der Waals surface area contributed by atoms with E-state index < -0.39 is 0 Å². The standard InChI is InChI=1S/C11H11NO/c1-7-8(2)12-11-5-4-9(13-3)6-10(7)11/h4-6H,1H2,2-3H3. The summed E-state index contributed by atoms with van der Waals surface area (Å²) < 4.78 is 5.13. The minimum absolute atomic E-state index is 0.852. The maximum Gasteiger partial charge on any atom is 0.119 e. The summed E-state index contributed by atoms with van der Waals surface area (Å²) in [5.74, 6) is 0.852. The van der Waals surface area contributed by atoms with Gasteiger partial charge >= 0.3 is 0 Å². The minimum Gasteiger partial charge on any atom is -0.497 e. The van der Waals surface area contributed by atoms with Crippen molar-refractivity contribution >= 4 is 17.0 Å². The van der Waals surface area contributed by atoms with Crippen molar-refractivity contribution in [2.75, 3.05) is 7.11 Å². The van der Waals surface area contributed by atoms with Gasteiger partial charge in [0.1, 0.15) is 5.75 Å². The van der Waals surface area contributed by atoms with E-state index in [1.54, 1.807) is 7.11 Å². The van der Waals surface area contributed by atoms with Gasteiger partial charge in [-0.05, 0) is 30.7 Å². The van der Waals surface area contributed by atoms with Crippen LogP contribution < -0.4 is 4.74 Å². The molecule has 1 aliphatic rings. The van der Waals surface area contributed by atoms with Gasteiger partial charge in [0.15, 0.2) is 0 Å². The smallest absolute Gasteiger partial charge is 0.119 e. The molecule has 2 nitrogen and oxygen atoms in total. The van der Waals surface area contributed by atoms with Crippen LogP contribution in [0.15, 0.2) is 29.8 Å². The first-order valence-corrected chi connectivity index (χ1v) is 4.15. The van der Waals surface area contributed by atoms with E-state index in [0.29, 0.717) is 0 Å². The molecule has 0 spiro atoms. The van der Waals surface area contributed by atoms with E-state index in [-0.39, 0.29) is 0 Å². The van der Waals surface area contributed by atoms with Gasteiger partial charge < -0.3 is 4.74 Å². The molecule has 0 aliphatic carbocycles. The molecule has 0 saturated heterocycles. The molecule has 1 aromatic carbocycles. The lowest BCUT2D eigenvalue weighted by Gasteiger charge is -2.02. The van der Waals surface area contributed by atoms with Crippen molar-refractivity contribution in [1.82, 2.24) is 0 Å². The predicted molar refractivity (Wildman–Crippen MR) is 54.8 cm³/mol. The first kappa shape index (κ1) is 8.05. The third-order valence-corrected chi connectivity index (χ3v) is 2.25. The van der Waals surface area contributed by atoms with E-state index >= 15 is 0 Å². The van der Waals surface area contributed by atoms with Crippen LogP contribution in [0.5, 0.6) is 5.75 Å². The van der Waals surface area contributed by atoms with E-state index in [4.69, 9.17) is 4.74 Å². The molecule has 0 aromatic heterocycles. The zero-order chi connectivity index (χ0) is 9.42. The van der Waals surface area contributed by atoms with Gasteiger partial charge in [-0.3, -0.25) is 4.99 Å². The zero-order valence-corrected chi connectivity index (χ0v) is 7.79. The summed E-state index contributed by atoms with van der Waals surface area (Å²) in [7, 11) is 1.66. The fraction of sp³-hybridized carbons (Fsp3) is 0.182. The summed E-state index contributed by atoms with van der Waals surface area (Å²) in [6.45, 7) is 5.93. The Morgan fingerprint density at radius 1 is 1.38 bits per heavy atom. The molecule has 0 N–H and O–H groups in total. The number of hydrogen-bond acceptors (Lipinski definition) is 2. The molecule has 0 fully saturated rings. The predicted octanol–water partition coefficient (Wildman–Crippen LogP) is 2.81. The van der Waals surface area contributed by atoms with Gasteiger partial charge in [0, 0.05) is 11.3 Å². The van der Waals surface area contributed by atoms with Crippen LogP contribution in [-0.4, -0.2) is 12.8 Å². The van der Waals surface area contributed by atoms with Gasteiger partial charge in [-0.2, -0.15) is 0 Å². The van der Waals surface area contributed by atoms with Gasteiger partial charge in [-0.25, -0.2) is 0 Å². The highest BCUT2D eigenvalue weighted by atomic mass is 16.5. The number of aliphatic imine (C=N–C) groups is 1. The second kappa shape index (κ2) is 2.73. The fourth-order valence-electron chi connectivity index (χ4n) is 1.42. The number of allylic oxidation sites excluding steroid dienone is 1. The Morgan fingerprint density at radius 3 is 2.85 bits per heavy atom. The fourth-order valence-corrected chi connectivity index (χ4v) is 1.42. The molecule has 0 amide bonds. The average Bonchev–Trinajstić information content (AvgIpc) is 2.43. The zero-order valence-electron chi connectivity index (χ0n) is 7.79. The van der Waals surface area contributed by atoms with E-state index in [1.165, 1.54) is 0 Å². The van der Waals surface area contributed by atoms with Crippen molar-refractivity contribution < 1.29 is 4.74 Å². The summed E-state index contributed by atoms with van der Waals surface area (Å²) in [6, 6.07) is 5.84. The lowest BCUT2D eigenvalue weighted by molar-refractivity contribution is 0.415. The van der Waals surface area contributed by atoms with Crippen LogP contribution in [0.25, 0.3) is 5.57 Å². The highest BCUT2D eigenvalue weighted by Crippen LogP contribution is 2.35. The Hall–Kier alpha value is -1.57. The van der Waals surface area contributed by atoms with Crippen molar-refractivity contribution in [1.29, 1.82) is 0 Å². The van der Waals surface area contributed by atoms with E-state index in [9.17, 15) is 0 Å². The van der Waals surface area contributed by atoms with Crippen LogP contribution in [0.2, 0.25) is 0 Å². The molecular formula is C11H11NO. The molecule has 66 valence electrons. The molecule has 1 aromatic rings. The summed E-state index contributed by atoms with van der Waals surface area (Å²) in [5, 5.41) is 0. The number of rotatable bonds is 1. The maximum atomic E-state index is 5.13. The largest absolute Gasteiger partial charge is 0.497 e. The SMILES string of the molecule is C=C1C(C)=Nc2ccc(OC)cc21. The summed E-state index contributed by atoms with van der Waals surface area (Å²) in [5.41, 5.74) is 4.05. The molecule has 0 radical (unpaired) electrons. The van der Waals surface area contributed by atoms with Crippen molar-refractivity contribution in [3.8, 4) is 5.75 Å². The van der Waals surface area contributed by atoms with Crippen LogP contribution in [0.4, 0.5) is 5.69 Å².